The fourth-order valence-electron chi connectivity index (χ4n) is 0.491. The monoisotopic (exact) mass is 170 g/mol. The highest BCUT2D eigenvalue weighted by Gasteiger charge is 1.78. The first-order valence-electron chi connectivity index (χ1n) is 3.89. The summed E-state index contributed by atoms with van der Waals surface area (Å²) in [5, 5.41) is 0. The first-order valence-corrected chi connectivity index (χ1v) is 3.89. The Balaban J connectivity index is 0.000000211. The lowest BCUT2D eigenvalue weighted by molar-refractivity contribution is -0.128. The van der Waals surface area contributed by atoms with E-state index in [0.29, 0.717) is 13.1 Å². The molecule has 1 rings (SSSR count). The molecule has 0 aliphatic heterocycles. The summed E-state index contributed by atoms with van der Waals surface area (Å²) >= 11 is 0. The number of rotatable bonds is 4. The Kier molecular flexibility index (Phi) is 8.62. The van der Waals surface area contributed by atoms with Crippen LogP contribution in [-0.4, -0.2) is 23.0 Å². The minimum absolute atomic E-state index is 0.482. The van der Waals surface area contributed by atoms with Crippen molar-refractivity contribution in [2.24, 2.45) is 0 Å². The summed E-state index contributed by atoms with van der Waals surface area (Å²) in [4.78, 5) is 15.9. The van der Waals surface area contributed by atoms with E-state index in [1.807, 2.05) is 6.92 Å². The first kappa shape index (κ1) is 10.7. The second kappa shape index (κ2) is 9.68. The van der Waals surface area contributed by atoms with E-state index < -0.39 is 0 Å². The Labute approximate surface area is 72.0 Å². The molecule has 1 aromatic rings. The van der Waals surface area contributed by atoms with Crippen molar-refractivity contribution < 1.29 is 9.53 Å². The average molecular weight is 170 g/mol. The van der Waals surface area contributed by atoms with Gasteiger partial charge < -0.3 is 9.72 Å². The maximum Gasteiger partial charge on any atom is 0.293 e. The molecule has 0 atom stereocenters. The molecule has 0 aliphatic carbocycles. The topological polar surface area (TPSA) is 55.0 Å². The zero-order chi connectivity index (χ0) is 9.07. The summed E-state index contributed by atoms with van der Waals surface area (Å²) in [5.41, 5.74) is 0. The fourth-order valence-corrected chi connectivity index (χ4v) is 0.491. The number of aromatic nitrogens is 2. The number of hydrogen-bond acceptors (Lipinski definition) is 3. The van der Waals surface area contributed by atoms with Gasteiger partial charge in [0.25, 0.3) is 6.47 Å². The minimum atomic E-state index is 0.482. The van der Waals surface area contributed by atoms with Gasteiger partial charge in [-0.2, -0.15) is 0 Å². The van der Waals surface area contributed by atoms with Gasteiger partial charge >= 0.3 is 0 Å². The molecular weight excluding hydrogens is 156 g/mol. The Morgan fingerprint density at radius 1 is 1.67 bits per heavy atom. The number of nitrogens with one attached hydrogen (secondary N) is 1. The second-order valence-electron chi connectivity index (χ2n) is 2.08. The van der Waals surface area contributed by atoms with E-state index in [-0.39, 0.29) is 0 Å². The van der Waals surface area contributed by atoms with Crippen LogP contribution in [0.5, 0.6) is 0 Å². The smallest absolute Gasteiger partial charge is 0.293 e. The number of nitrogens with zero attached hydrogens (tertiary/aromatic N) is 1. The van der Waals surface area contributed by atoms with Crippen molar-refractivity contribution in [3.8, 4) is 0 Å². The molecule has 68 valence electrons. The van der Waals surface area contributed by atoms with Crippen LogP contribution in [0.1, 0.15) is 19.8 Å². The predicted octanol–water partition coefficient (Wildman–Crippen LogP) is 1.37. The van der Waals surface area contributed by atoms with E-state index in [1.165, 1.54) is 0 Å². The molecule has 0 saturated heterocycles. The SMILES string of the molecule is CCCCOC=O.c1c[nH]cn1. The van der Waals surface area contributed by atoms with Gasteiger partial charge in [0.05, 0.1) is 12.9 Å². The van der Waals surface area contributed by atoms with Gasteiger partial charge in [0.2, 0.25) is 0 Å². The summed E-state index contributed by atoms with van der Waals surface area (Å²) in [5.74, 6) is 0. The van der Waals surface area contributed by atoms with Gasteiger partial charge in [-0.05, 0) is 6.42 Å². The summed E-state index contributed by atoms with van der Waals surface area (Å²) in [7, 11) is 0. The first-order chi connectivity index (χ1) is 5.91. The van der Waals surface area contributed by atoms with Crippen molar-refractivity contribution in [1.82, 2.24) is 9.97 Å². The van der Waals surface area contributed by atoms with Crippen molar-refractivity contribution in [1.29, 1.82) is 0 Å². The lowest BCUT2D eigenvalue weighted by atomic mass is 10.4. The molecule has 1 aromatic heterocycles. The van der Waals surface area contributed by atoms with Gasteiger partial charge in [0.15, 0.2) is 0 Å². The molecule has 0 fully saturated rings. The summed E-state index contributed by atoms with van der Waals surface area (Å²) < 4.78 is 4.39. The molecule has 0 radical (unpaired) electrons. The number of H-pyrrole nitrogens is 1. The van der Waals surface area contributed by atoms with E-state index in [4.69, 9.17) is 0 Å². The highest BCUT2D eigenvalue weighted by atomic mass is 16.5. The van der Waals surface area contributed by atoms with E-state index in [0.717, 1.165) is 12.8 Å². The number of imidazole rings is 1. The van der Waals surface area contributed by atoms with Gasteiger partial charge in [-0.1, -0.05) is 13.3 Å². The van der Waals surface area contributed by atoms with E-state index in [2.05, 4.69) is 14.7 Å². The maximum atomic E-state index is 9.46. The number of aromatic amines is 1. The lowest BCUT2D eigenvalue weighted by Gasteiger charge is -1.90. The number of carbonyl (C=O) groups excluding carboxylic acids is 1. The molecule has 0 spiro atoms. The Bertz CT molecular complexity index is 146. The molecule has 0 amide bonds. The molecule has 1 heterocycles. The number of hydrogen-bond donors (Lipinski definition) is 1. The highest BCUT2D eigenvalue weighted by molar-refractivity contribution is 5.36. The van der Waals surface area contributed by atoms with Gasteiger partial charge in [0.1, 0.15) is 0 Å². The summed E-state index contributed by atoms with van der Waals surface area (Å²) in [6.07, 6.45) is 7.13. The molecule has 4 nitrogen and oxygen atoms in total. The Morgan fingerprint density at radius 3 is 2.83 bits per heavy atom. The number of ether oxygens (including phenoxy) is 1. The molecule has 12 heavy (non-hydrogen) atoms. The molecule has 0 aliphatic rings. The quantitative estimate of drug-likeness (QED) is 0.548. The average Bonchev–Trinajstić information content (AvgIpc) is 2.62. The molecule has 4 heteroatoms. The molecule has 0 aromatic carbocycles. The van der Waals surface area contributed by atoms with Gasteiger partial charge in [-0.3, -0.25) is 4.79 Å². The standard InChI is InChI=1S/C5H10O2.C3H4N2/c1-2-3-4-7-5-6;1-2-5-3-4-1/h5H,2-4H2,1H3;1-3H,(H,4,5). The molecule has 0 saturated carbocycles. The lowest BCUT2D eigenvalue weighted by Crippen LogP contribution is -1.88. The van der Waals surface area contributed by atoms with Gasteiger partial charge in [-0.25, -0.2) is 4.98 Å². The van der Waals surface area contributed by atoms with Crippen LogP contribution >= 0.6 is 0 Å². The molecular formula is C8H14N2O2. The minimum Gasteiger partial charge on any atom is -0.468 e. The Hall–Kier alpha value is -1.32. The van der Waals surface area contributed by atoms with Crippen LogP contribution in [0.3, 0.4) is 0 Å². The largest absolute Gasteiger partial charge is 0.468 e. The van der Waals surface area contributed by atoms with E-state index in [1.54, 1.807) is 18.7 Å². The van der Waals surface area contributed by atoms with Crippen molar-refractivity contribution in [3.05, 3.63) is 18.7 Å². The zero-order valence-electron chi connectivity index (χ0n) is 7.19. The highest BCUT2D eigenvalue weighted by Crippen LogP contribution is 1.83. The van der Waals surface area contributed by atoms with Crippen molar-refractivity contribution in [3.63, 3.8) is 0 Å². The zero-order valence-corrected chi connectivity index (χ0v) is 7.19. The Morgan fingerprint density at radius 2 is 2.50 bits per heavy atom. The van der Waals surface area contributed by atoms with Crippen LogP contribution in [0, 0.1) is 0 Å². The van der Waals surface area contributed by atoms with Crippen molar-refractivity contribution in [2.75, 3.05) is 6.61 Å². The number of carbonyl (C=O) groups is 1. The van der Waals surface area contributed by atoms with Crippen LogP contribution in [-0.2, 0) is 9.53 Å². The summed E-state index contributed by atoms with van der Waals surface area (Å²) in [6, 6.07) is 0. The maximum absolute atomic E-state index is 9.46. The van der Waals surface area contributed by atoms with Crippen LogP contribution in [0.25, 0.3) is 0 Å². The number of unbranched alkanes of at least 4 members (excludes halogenated alkanes) is 1. The molecule has 0 unspecified atom stereocenters. The van der Waals surface area contributed by atoms with Crippen molar-refractivity contribution in [2.45, 2.75) is 19.8 Å². The molecule has 1 N–H and O–H groups in total. The second-order valence-corrected chi connectivity index (χ2v) is 2.08. The van der Waals surface area contributed by atoms with E-state index >= 15 is 0 Å². The summed E-state index contributed by atoms with van der Waals surface area (Å²) in [6.45, 7) is 3.10. The van der Waals surface area contributed by atoms with E-state index in [9.17, 15) is 4.79 Å². The van der Waals surface area contributed by atoms with Gasteiger partial charge in [0, 0.05) is 12.4 Å². The third-order valence-electron chi connectivity index (χ3n) is 1.09. The fraction of sp³-hybridized carbons (Fsp3) is 0.500. The molecule has 0 bridgehead atoms. The van der Waals surface area contributed by atoms with Gasteiger partial charge in [-0.15, -0.1) is 0 Å². The normalized spacial score (nSPS) is 8.08. The van der Waals surface area contributed by atoms with Crippen LogP contribution in [0.4, 0.5) is 0 Å². The van der Waals surface area contributed by atoms with Crippen LogP contribution in [0.15, 0.2) is 18.7 Å². The third-order valence-corrected chi connectivity index (χ3v) is 1.09. The third kappa shape index (κ3) is 8.68. The predicted molar refractivity (Wildman–Crippen MR) is 45.5 cm³/mol. The van der Waals surface area contributed by atoms with Crippen LogP contribution < -0.4 is 0 Å². The van der Waals surface area contributed by atoms with Crippen molar-refractivity contribution >= 4 is 6.47 Å². The van der Waals surface area contributed by atoms with Crippen LogP contribution in [0.2, 0.25) is 0 Å².